The molecule has 0 aromatic rings. The predicted octanol–water partition coefficient (Wildman–Crippen LogP) is 11.7. The Morgan fingerprint density at radius 3 is 1.60 bits per heavy atom. The monoisotopic (exact) mass is 948 g/mol. The summed E-state index contributed by atoms with van der Waals surface area (Å²) in [6, 6.07) is -0.843. The van der Waals surface area contributed by atoms with Gasteiger partial charge in [-0.3, -0.25) is 9.59 Å². The van der Waals surface area contributed by atoms with Gasteiger partial charge >= 0.3 is 5.97 Å². The van der Waals surface area contributed by atoms with Crippen LogP contribution in [0, 0.1) is 0 Å². The topological polar surface area (TPSA) is 175 Å². The van der Waals surface area contributed by atoms with Gasteiger partial charge in [0.15, 0.2) is 6.29 Å². The van der Waals surface area contributed by atoms with Crippen LogP contribution in [0.1, 0.15) is 232 Å². The summed E-state index contributed by atoms with van der Waals surface area (Å²) < 4.78 is 16.6. The molecule has 1 aliphatic rings. The van der Waals surface area contributed by atoms with Crippen molar-refractivity contribution < 1.29 is 49.3 Å². The van der Waals surface area contributed by atoms with Gasteiger partial charge < -0.3 is 45.1 Å². The number of nitrogens with one attached hydrogen (secondary N) is 1. The summed E-state index contributed by atoms with van der Waals surface area (Å²) in [6.07, 6.45) is 46.4. The SMILES string of the molecule is CCCCC/C=C/CC/C=C/C(O)C(COC1OC(CO)C(O)C(O)C1O)NC(=O)CCCCCCCC/C=C\C=C/CCCCCOC(=O)CCCCCCCCCCCCCCCCC. The fourth-order valence-electron chi connectivity index (χ4n) is 8.26. The molecule has 67 heavy (non-hydrogen) atoms. The van der Waals surface area contributed by atoms with E-state index in [1.54, 1.807) is 6.08 Å². The maximum absolute atomic E-state index is 12.9. The first-order chi connectivity index (χ1) is 32.7. The molecule has 390 valence electrons. The number of carbonyl (C=O) groups excluding carboxylic acids is 2. The zero-order chi connectivity index (χ0) is 48.8. The molecule has 0 spiro atoms. The lowest BCUT2D eigenvalue weighted by Gasteiger charge is -2.40. The third kappa shape index (κ3) is 36.3. The van der Waals surface area contributed by atoms with Gasteiger partial charge in [-0.15, -0.1) is 0 Å². The molecule has 7 unspecified atom stereocenters. The van der Waals surface area contributed by atoms with E-state index in [4.69, 9.17) is 14.2 Å². The van der Waals surface area contributed by atoms with Crippen molar-refractivity contribution in [3.63, 3.8) is 0 Å². The average molecular weight is 948 g/mol. The molecule has 0 radical (unpaired) electrons. The van der Waals surface area contributed by atoms with Gasteiger partial charge in [-0.25, -0.2) is 0 Å². The largest absolute Gasteiger partial charge is 0.466 e. The van der Waals surface area contributed by atoms with Crippen molar-refractivity contribution in [3.05, 3.63) is 48.6 Å². The number of carbonyl (C=O) groups is 2. The van der Waals surface area contributed by atoms with E-state index in [0.717, 1.165) is 103 Å². The standard InChI is InChI=1S/C56H101NO10/c1-3-5-7-9-11-13-14-15-17-21-24-28-32-36-40-44-52(61)65-45-41-37-33-29-25-22-19-16-18-20-23-27-31-35-39-43-51(60)57-48(49(59)42-38-34-30-26-12-10-8-6-4-2)47-66-56-55(64)54(63)53(62)50(46-58)67-56/h12,16,19,22,25-26,38,42,48-50,53-56,58-59,62-64H,3-11,13-15,17-18,20-21,23-24,27-37,39-41,43-47H2,1-2H3,(H,57,60)/b19-16-,25-22-,26-12+,42-38+. The second kappa shape index (κ2) is 46.0. The van der Waals surface area contributed by atoms with Crippen molar-refractivity contribution in [1.29, 1.82) is 0 Å². The number of rotatable bonds is 46. The summed E-state index contributed by atoms with van der Waals surface area (Å²) in [7, 11) is 0. The van der Waals surface area contributed by atoms with E-state index in [1.165, 1.54) is 103 Å². The van der Waals surface area contributed by atoms with Crippen LogP contribution in [-0.4, -0.2) is 100 Å². The molecule has 0 saturated carbocycles. The summed E-state index contributed by atoms with van der Waals surface area (Å²) in [5, 5.41) is 54.0. The van der Waals surface area contributed by atoms with Crippen LogP contribution in [-0.2, 0) is 23.8 Å². The number of esters is 1. The number of amides is 1. The van der Waals surface area contributed by atoms with E-state index < -0.39 is 49.5 Å². The quantitative estimate of drug-likeness (QED) is 0.0149. The molecule has 7 atom stereocenters. The average Bonchev–Trinajstić information content (AvgIpc) is 3.32. The summed E-state index contributed by atoms with van der Waals surface area (Å²) >= 11 is 0. The Balaban J connectivity index is 2.12. The van der Waals surface area contributed by atoms with E-state index in [0.29, 0.717) is 19.4 Å². The van der Waals surface area contributed by atoms with Crippen molar-refractivity contribution in [2.45, 2.75) is 275 Å². The third-order valence-electron chi connectivity index (χ3n) is 12.7. The molecule has 0 aromatic heterocycles. The molecular formula is C56H101NO10. The second-order valence-electron chi connectivity index (χ2n) is 19.0. The fourth-order valence-corrected chi connectivity index (χ4v) is 8.26. The zero-order valence-electron chi connectivity index (χ0n) is 42.6. The van der Waals surface area contributed by atoms with Gasteiger partial charge in [-0.05, 0) is 77.0 Å². The molecule has 11 nitrogen and oxygen atoms in total. The highest BCUT2D eigenvalue weighted by atomic mass is 16.7. The summed E-state index contributed by atoms with van der Waals surface area (Å²) in [4.78, 5) is 25.0. The minimum atomic E-state index is -1.58. The van der Waals surface area contributed by atoms with Crippen LogP contribution in [0.4, 0.5) is 0 Å². The molecule has 0 bridgehead atoms. The molecule has 1 fully saturated rings. The molecular weight excluding hydrogens is 847 g/mol. The smallest absolute Gasteiger partial charge is 0.305 e. The van der Waals surface area contributed by atoms with Gasteiger partial charge in [0.25, 0.3) is 0 Å². The fraction of sp³-hybridized carbons (Fsp3) is 0.821. The van der Waals surface area contributed by atoms with Crippen molar-refractivity contribution in [2.75, 3.05) is 19.8 Å². The third-order valence-corrected chi connectivity index (χ3v) is 12.7. The highest BCUT2D eigenvalue weighted by Gasteiger charge is 2.44. The van der Waals surface area contributed by atoms with Crippen LogP contribution in [0.5, 0.6) is 0 Å². The minimum Gasteiger partial charge on any atom is -0.466 e. The number of unbranched alkanes of at least 4 members (excludes halogenated alkanes) is 27. The Bertz CT molecular complexity index is 1250. The molecule has 1 amide bonds. The number of hydrogen-bond donors (Lipinski definition) is 6. The Labute approximate surface area is 408 Å². The second-order valence-corrected chi connectivity index (χ2v) is 19.0. The predicted molar refractivity (Wildman–Crippen MR) is 274 cm³/mol. The van der Waals surface area contributed by atoms with Crippen LogP contribution < -0.4 is 5.32 Å². The summed E-state index contributed by atoms with van der Waals surface area (Å²) in [6.45, 7) is 4.19. The lowest BCUT2D eigenvalue weighted by molar-refractivity contribution is -0.302. The first kappa shape index (κ1) is 62.6. The first-order valence-corrected chi connectivity index (χ1v) is 27.4. The van der Waals surface area contributed by atoms with Gasteiger partial charge in [0.2, 0.25) is 5.91 Å². The van der Waals surface area contributed by atoms with Crippen molar-refractivity contribution >= 4 is 11.9 Å². The Kier molecular flexibility index (Phi) is 43.0. The maximum Gasteiger partial charge on any atom is 0.305 e. The Morgan fingerprint density at radius 2 is 1.01 bits per heavy atom. The van der Waals surface area contributed by atoms with Gasteiger partial charge in [-0.1, -0.05) is 191 Å². The number of allylic oxidation sites excluding steroid dienone is 7. The summed E-state index contributed by atoms with van der Waals surface area (Å²) in [5.74, 6) is -0.258. The van der Waals surface area contributed by atoms with Crippen LogP contribution in [0.2, 0.25) is 0 Å². The maximum atomic E-state index is 12.9. The van der Waals surface area contributed by atoms with Gasteiger partial charge in [0.05, 0.1) is 32.0 Å². The number of hydrogen-bond acceptors (Lipinski definition) is 10. The molecule has 11 heteroatoms. The van der Waals surface area contributed by atoms with Crippen molar-refractivity contribution in [3.8, 4) is 0 Å². The number of ether oxygens (including phenoxy) is 3. The van der Waals surface area contributed by atoms with E-state index in [9.17, 15) is 35.1 Å². The van der Waals surface area contributed by atoms with E-state index in [2.05, 4.69) is 55.6 Å². The van der Waals surface area contributed by atoms with E-state index in [1.807, 2.05) is 6.08 Å². The molecule has 0 aliphatic carbocycles. The lowest BCUT2D eigenvalue weighted by atomic mass is 9.99. The zero-order valence-corrected chi connectivity index (χ0v) is 42.6. The highest BCUT2D eigenvalue weighted by molar-refractivity contribution is 5.76. The van der Waals surface area contributed by atoms with Gasteiger partial charge in [-0.2, -0.15) is 0 Å². The molecule has 1 heterocycles. The molecule has 0 aromatic carbocycles. The lowest BCUT2D eigenvalue weighted by Crippen LogP contribution is -2.60. The Morgan fingerprint density at radius 1 is 0.552 bits per heavy atom. The van der Waals surface area contributed by atoms with Crippen LogP contribution in [0.15, 0.2) is 48.6 Å². The highest BCUT2D eigenvalue weighted by Crippen LogP contribution is 2.23. The Hall–Kier alpha value is -2.38. The number of aliphatic hydroxyl groups is 5. The van der Waals surface area contributed by atoms with Gasteiger partial charge in [0.1, 0.15) is 24.4 Å². The molecule has 1 rings (SSSR count). The van der Waals surface area contributed by atoms with E-state index >= 15 is 0 Å². The van der Waals surface area contributed by atoms with Crippen LogP contribution >= 0.6 is 0 Å². The van der Waals surface area contributed by atoms with Crippen molar-refractivity contribution in [1.82, 2.24) is 5.32 Å². The van der Waals surface area contributed by atoms with Gasteiger partial charge in [0, 0.05) is 12.8 Å². The minimum absolute atomic E-state index is 0.0399. The summed E-state index contributed by atoms with van der Waals surface area (Å²) in [5.41, 5.74) is 0. The van der Waals surface area contributed by atoms with Crippen molar-refractivity contribution in [2.24, 2.45) is 0 Å². The van der Waals surface area contributed by atoms with Crippen LogP contribution in [0.25, 0.3) is 0 Å². The van der Waals surface area contributed by atoms with E-state index in [-0.39, 0.29) is 18.5 Å². The first-order valence-electron chi connectivity index (χ1n) is 27.4. The normalized spacial score (nSPS) is 19.9. The molecule has 6 N–H and O–H groups in total. The molecule has 1 saturated heterocycles. The number of aliphatic hydroxyl groups excluding tert-OH is 5. The van der Waals surface area contributed by atoms with Crippen LogP contribution in [0.3, 0.4) is 0 Å². The molecule has 1 aliphatic heterocycles.